The van der Waals surface area contributed by atoms with E-state index in [-0.39, 0.29) is 5.91 Å². The number of benzene rings is 1. The van der Waals surface area contributed by atoms with Gasteiger partial charge in [-0.3, -0.25) is 4.79 Å². The average Bonchev–Trinajstić information content (AvgIpc) is 2.30. The van der Waals surface area contributed by atoms with Crippen LogP contribution in [0.2, 0.25) is 0 Å². The minimum atomic E-state index is 0.0945. The SMILES string of the molecule is CCN(CC)C(=O)c1cccc(NC)c1. The number of carbonyl (C=O) groups excluding carboxylic acids is 1. The van der Waals surface area contributed by atoms with Crippen molar-refractivity contribution < 1.29 is 4.79 Å². The molecule has 1 aromatic rings. The molecule has 1 rings (SSSR count). The first-order valence-corrected chi connectivity index (χ1v) is 5.30. The van der Waals surface area contributed by atoms with Crippen molar-refractivity contribution in [1.29, 1.82) is 0 Å². The second kappa shape index (κ2) is 5.39. The molecular weight excluding hydrogens is 188 g/mol. The van der Waals surface area contributed by atoms with Crippen LogP contribution in [0, 0.1) is 0 Å². The number of nitrogens with zero attached hydrogens (tertiary/aromatic N) is 1. The molecule has 0 aliphatic carbocycles. The van der Waals surface area contributed by atoms with Gasteiger partial charge in [-0.2, -0.15) is 0 Å². The van der Waals surface area contributed by atoms with Crippen molar-refractivity contribution >= 4 is 11.6 Å². The van der Waals surface area contributed by atoms with Crippen molar-refractivity contribution in [3.63, 3.8) is 0 Å². The van der Waals surface area contributed by atoms with Gasteiger partial charge < -0.3 is 10.2 Å². The van der Waals surface area contributed by atoms with Crippen LogP contribution in [0.4, 0.5) is 5.69 Å². The third kappa shape index (κ3) is 2.72. The lowest BCUT2D eigenvalue weighted by Crippen LogP contribution is -2.30. The Balaban J connectivity index is 2.90. The van der Waals surface area contributed by atoms with Crippen molar-refractivity contribution in [3.8, 4) is 0 Å². The maximum Gasteiger partial charge on any atom is 0.253 e. The van der Waals surface area contributed by atoms with Gasteiger partial charge in [0.05, 0.1) is 0 Å². The number of carbonyl (C=O) groups is 1. The first kappa shape index (κ1) is 11.6. The molecule has 82 valence electrons. The van der Waals surface area contributed by atoms with Gasteiger partial charge in [-0.1, -0.05) is 6.07 Å². The van der Waals surface area contributed by atoms with E-state index in [0.717, 1.165) is 24.3 Å². The Kier molecular flexibility index (Phi) is 4.16. The Bertz CT molecular complexity index is 332. The van der Waals surface area contributed by atoms with Crippen molar-refractivity contribution in [2.24, 2.45) is 0 Å². The summed E-state index contributed by atoms with van der Waals surface area (Å²) in [6, 6.07) is 7.56. The fourth-order valence-electron chi connectivity index (χ4n) is 1.50. The van der Waals surface area contributed by atoms with E-state index in [1.165, 1.54) is 0 Å². The van der Waals surface area contributed by atoms with Crippen LogP contribution < -0.4 is 5.32 Å². The summed E-state index contributed by atoms with van der Waals surface area (Å²) in [5, 5.41) is 3.03. The molecule has 0 saturated heterocycles. The van der Waals surface area contributed by atoms with E-state index in [1.54, 1.807) is 0 Å². The standard InChI is InChI=1S/C12H18N2O/c1-4-14(5-2)12(15)10-7-6-8-11(9-10)13-3/h6-9,13H,4-5H2,1-3H3. The van der Waals surface area contributed by atoms with Gasteiger partial charge in [0.2, 0.25) is 0 Å². The minimum Gasteiger partial charge on any atom is -0.388 e. The quantitative estimate of drug-likeness (QED) is 0.819. The summed E-state index contributed by atoms with van der Waals surface area (Å²) in [5.41, 5.74) is 1.71. The molecule has 1 amide bonds. The molecule has 1 aromatic carbocycles. The van der Waals surface area contributed by atoms with Crippen molar-refractivity contribution in [3.05, 3.63) is 29.8 Å². The Morgan fingerprint density at radius 3 is 2.53 bits per heavy atom. The zero-order chi connectivity index (χ0) is 11.3. The van der Waals surface area contributed by atoms with Crippen LogP contribution in [0.15, 0.2) is 24.3 Å². The molecule has 1 N–H and O–H groups in total. The van der Waals surface area contributed by atoms with E-state index in [2.05, 4.69) is 5.32 Å². The highest BCUT2D eigenvalue weighted by atomic mass is 16.2. The lowest BCUT2D eigenvalue weighted by Gasteiger charge is -2.18. The average molecular weight is 206 g/mol. The van der Waals surface area contributed by atoms with E-state index >= 15 is 0 Å². The van der Waals surface area contributed by atoms with Gasteiger partial charge in [-0.05, 0) is 32.0 Å². The summed E-state index contributed by atoms with van der Waals surface area (Å²) in [5.74, 6) is 0.0945. The molecule has 0 unspecified atom stereocenters. The highest BCUT2D eigenvalue weighted by Crippen LogP contribution is 2.11. The summed E-state index contributed by atoms with van der Waals surface area (Å²) < 4.78 is 0. The molecule has 0 radical (unpaired) electrons. The number of anilines is 1. The second-order valence-corrected chi connectivity index (χ2v) is 3.31. The highest BCUT2D eigenvalue weighted by Gasteiger charge is 2.11. The summed E-state index contributed by atoms with van der Waals surface area (Å²) in [6.07, 6.45) is 0. The van der Waals surface area contributed by atoms with Crippen molar-refractivity contribution in [2.75, 3.05) is 25.5 Å². The smallest absolute Gasteiger partial charge is 0.253 e. The van der Waals surface area contributed by atoms with Gasteiger partial charge >= 0.3 is 0 Å². The molecule has 15 heavy (non-hydrogen) atoms. The highest BCUT2D eigenvalue weighted by molar-refractivity contribution is 5.95. The number of hydrogen-bond donors (Lipinski definition) is 1. The lowest BCUT2D eigenvalue weighted by molar-refractivity contribution is 0.0773. The third-order valence-corrected chi connectivity index (χ3v) is 2.45. The Morgan fingerprint density at radius 1 is 1.33 bits per heavy atom. The number of nitrogens with one attached hydrogen (secondary N) is 1. The predicted molar refractivity (Wildman–Crippen MR) is 63.2 cm³/mol. The van der Waals surface area contributed by atoms with Gasteiger partial charge in [0, 0.05) is 31.4 Å². The fraction of sp³-hybridized carbons (Fsp3) is 0.417. The molecule has 0 saturated carbocycles. The Hall–Kier alpha value is -1.51. The normalized spacial score (nSPS) is 9.80. The second-order valence-electron chi connectivity index (χ2n) is 3.31. The topological polar surface area (TPSA) is 32.3 Å². The van der Waals surface area contributed by atoms with E-state index in [0.29, 0.717) is 0 Å². The van der Waals surface area contributed by atoms with Crippen LogP contribution in [0.3, 0.4) is 0 Å². The molecule has 0 aliphatic rings. The molecule has 0 spiro atoms. The zero-order valence-electron chi connectivity index (χ0n) is 9.58. The molecule has 0 bridgehead atoms. The van der Waals surface area contributed by atoms with Crippen LogP contribution in [0.5, 0.6) is 0 Å². The number of rotatable bonds is 4. The number of hydrogen-bond acceptors (Lipinski definition) is 2. The first-order chi connectivity index (χ1) is 7.22. The maximum absolute atomic E-state index is 12.0. The fourth-order valence-corrected chi connectivity index (χ4v) is 1.50. The van der Waals surface area contributed by atoms with E-state index in [4.69, 9.17) is 0 Å². The molecule has 0 aliphatic heterocycles. The Labute approximate surface area is 91.1 Å². The molecule has 3 heteroatoms. The monoisotopic (exact) mass is 206 g/mol. The summed E-state index contributed by atoms with van der Waals surface area (Å²) in [6.45, 7) is 5.48. The van der Waals surface area contributed by atoms with Crippen molar-refractivity contribution in [1.82, 2.24) is 4.90 Å². The minimum absolute atomic E-state index is 0.0945. The molecule has 0 fully saturated rings. The van der Waals surface area contributed by atoms with Crippen LogP contribution in [0.1, 0.15) is 24.2 Å². The van der Waals surface area contributed by atoms with Gasteiger partial charge in [0.25, 0.3) is 5.91 Å². The van der Waals surface area contributed by atoms with Gasteiger partial charge in [-0.15, -0.1) is 0 Å². The van der Waals surface area contributed by atoms with E-state index in [9.17, 15) is 4.79 Å². The summed E-state index contributed by atoms with van der Waals surface area (Å²) in [4.78, 5) is 13.8. The van der Waals surface area contributed by atoms with Crippen LogP contribution in [-0.2, 0) is 0 Å². The lowest BCUT2D eigenvalue weighted by atomic mass is 10.1. The maximum atomic E-state index is 12.0. The Morgan fingerprint density at radius 2 is 2.00 bits per heavy atom. The van der Waals surface area contributed by atoms with Crippen LogP contribution in [-0.4, -0.2) is 30.9 Å². The number of amides is 1. The molecule has 0 atom stereocenters. The van der Waals surface area contributed by atoms with Gasteiger partial charge in [0.1, 0.15) is 0 Å². The summed E-state index contributed by atoms with van der Waals surface area (Å²) >= 11 is 0. The van der Waals surface area contributed by atoms with Crippen molar-refractivity contribution in [2.45, 2.75) is 13.8 Å². The largest absolute Gasteiger partial charge is 0.388 e. The molecule has 0 heterocycles. The molecule has 0 aromatic heterocycles. The van der Waals surface area contributed by atoms with Crippen LogP contribution in [0.25, 0.3) is 0 Å². The van der Waals surface area contributed by atoms with E-state index < -0.39 is 0 Å². The van der Waals surface area contributed by atoms with Gasteiger partial charge in [-0.25, -0.2) is 0 Å². The predicted octanol–water partition coefficient (Wildman–Crippen LogP) is 2.21. The third-order valence-electron chi connectivity index (χ3n) is 2.45. The summed E-state index contributed by atoms with van der Waals surface area (Å²) in [7, 11) is 1.85. The van der Waals surface area contributed by atoms with E-state index in [1.807, 2.05) is 50.1 Å². The molecular formula is C12H18N2O. The molecule has 3 nitrogen and oxygen atoms in total. The van der Waals surface area contributed by atoms with Gasteiger partial charge in [0.15, 0.2) is 0 Å². The first-order valence-electron chi connectivity index (χ1n) is 5.30. The van der Waals surface area contributed by atoms with Crippen LogP contribution >= 0.6 is 0 Å². The zero-order valence-corrected chi connectivity index (χ0v) is 9.58.